The maximum absolute atomic E-state index is 12.3. The van der Waals surface area contributed by atoms with Gasteiger partial charge in [-0.2, -0.15) is 0 Å². The van der Waals surface area contributed by atoms with Gasteiger partial charge in [-0.1, -0.05) is 24.8 Å². The molecule has 2 aromatic heterocycles. The maximum Gasteiger partial charge on any atom is 0.230 e. The summed E-state index contributed by atoms with van der Waals surface area (Å²) in [5.74, 6) is 2.05. The van der Waals surface area contributed by atoms with Crippen LogP contribution < -0.4 is 10.2 Å². The number of hydrogen-bond acceptors (Lipinski definition) is 7. The minimum absolute atomic E-state index is 0.0170. The van der Waals surface area contributed by atoms with Crippen molar-refractivity contribution in [3.63, 3.8) is 0 Å². The summed E-state index contributed by atoms with van der Waals surface area (Å²) in [4.78, 5) is 15.8. The summed E-state index contributed by atoms with van der Waals surface area (Å²) < 4.78 is 8.03. The number of ether oxygens (including phenoxy) is 1. The molecule has 158 valence electrons. The summed E-state index contributed by atoms with van der Waals surface area (Å²) in [7, 11) is 0. The molecule has 0 aromatic carbocycles. The number of thioether (sulfide) groups is 1. The first-order valence-corrected chi connectivity index (χ1v) is 12.3. The van der Waals surface area contributed by atoms with Crippen LogP contribution in [0.15, 0.2) is 22.7 Å². The van der Waals surface area contributed by atoms with Gasteiger partial charge >= 0.3 is 0 Å². The Morgan fingerprint density at radius 2 is 2.21 bits per heavy atom. The fraction of sp³-hybridized carbons (Fsp3) is 0.650. The van der Waals surface area contributed by atoms with Gasteiger partial charge < -0.3 is 15.0 Å². The van der Waals surface area contributed by atoms with Crippen molar-refractivity contribution in [2.24, 2.45) is 5.92 Å². The number of nitrogens with one attached hydrogen (secondary N) is 1. The van der Waals surface area contributed by atoms with Gasteiger partial charge in [-0.3, -0.25) is 9.36 Å². The highest BCUT2D eigenvalue weighted by atomic mass is 32.2. The Balaban J connectivity index is 1.40. The molecular formula is C20H29N5O2S2. The van der Waals surface area contributed by atoms with Gasteiger partial charge in [-0.05, 0) is 43.0 Å². The Hall–Kier alpha value is -1.58. The fourth-order valence-electron chi connectivity index (χ4n) is 3.76. The van der Waals surface area contributed by atoms with Crippen molar-refractivity contribution >= 4 is 35.0 Å². The third kappa shape index (κ3) is 5.52. The number of carbonyl (C=O) groups is 1. The quantitative estimate of drug-likeness (QED) is 0.642. The molecule has 2 saturated heterocycles. The zero-order chi connectivity index (χ0) is 20.1. The van der Waals surface area contributed by atoms with Gasteiger partial charge in [-0.15, -0.1) is 21.5 Å². The predicted octanol–water partition coefficient (Wildman–Crippen LogP) is 3.16. The van der Waals surface area contributed by atoms with E-state index in [9.17, 15) is 4.79 Å². The Morgan fingerprint density at radius 1 is 1.34 bits per heavy atom. The molecule has 1 N–H and O–H groups in total. The van der Waals surface area contributed by atoms with Gasteiger partial charge in [0.15, 0.2) is 5.16 Å². The Kier molecular flexibility index (Phi) is 7.10. The molecule has 2 aliphatic rings. The molecule has 7 nitrogen and oxygen atoms in total. The third-order valence-electron chi connectivity index (χ3n) is 5.55. The van der Waals surface area contributed by atoms with E-state index in [1.54, 1.807) is 11.3 Å². The van der Waals surface area contributed by atoms with E-state index >= 15 is 0 Å². The van der Waals surface area contributed by atoms with Crippen molar-refractivity contribution < 1.29 is 9.53 Å². The highest BCUT2D eigenvalue weighted by Gasteiger charge is 2.26. The number of piperidine rings is 1. The first-order valence-electron chi connectivity index (χ1n) is 10.4. The van der Waals surface area contributed by atoms with Crippen LogP contribution in [0.25, 0.3) is 0 Å². The van der Waals surface area contributed by atoms with E-state index < -0.39 is 0 Å². The van der Waals surface area contributed by atoms with E-state index in [1.807, 2.05) is 17.5 Å². The summed E-state index contributed by atoms with van der Waals surface area (Å²) in [5.41, 5.74) is 0. The van der Waals surface area contributed by atoms with E-state index in [1.165, 1.54) is 24.6 Å². The summed E-state index contributed by atoms with van der Waals surface area (Å²) >= 11 is 3.11. The number of amides is 1. The van der Waals surface area contributed by atoms with Crippen LogP contribution in [-0.4, -0.2) is 52.2 Å². The number of nitrogens with zero attached hydrogens (tertiary/aromatic N) is 4. The Bertz CT molecular complexity index is 781. The van der Waals surface area contributed by atoms with Crippen LogP contribution >= 0.6 is 23.1 Å². The van der Waals surface area contributed by atoms with Crippen LogP contribution in [0, 0.1) is 5.92 Å². The summed E-state index contributed by atoms with van der Waals surface area (Å²) in [6, 6.07) is 4.03. The standard InChI is InChI=1S/C20H29N5O2S2/c1-15-6-8-24(9-7-15)19-22-23-20(25(19)13-16-4-2-10-27-16)29-14-18(26)21-12-17-5-3-11-28-17/h3,5,11,15-16H,2,4,6-10,12-14H2,1H3,(H,21,26)/t16-/m1/s1. The highest BCUT2D eigenvalue weighted by Crippen LogP contribution is 2.28. The lowest BCUT2D eigenvalue weighted by atomic mass is 10.00. The van der Waals surface area contributed by atoms with Gasteiger partial charge in [0.1, 0.15) is 0 Å². The Morgan fingerprint density at radius 3 is 2.93 bits per heavy atom. The van der Waals surface area contributed by atoms with Crippen molar-refractivity contribution in [2.45, 2.75) is 57.0 Å². The first kappa shape index (κ1) is 20.7. The van der Waals surface area contributed by atoms with Gasteiger partial charge in [0.05, 0.1) is 24.9 Å². The molecule has 0 saturated carbocycles. The lowest BCUT2D eigenvalue weighted by Gasteiger charge is -2.31. The first-order chi connectivity index (χ1) is 14.2. The van der Waals surface area contributed by atoms with E-state index in [0.717, 1.165) is 61.0 Å². The van der Waals surface area contributed by atoms with Crippen LogP contribution in [0.2, 0.25) is 0 Å². The number of thiophene rings is 1. The molecule has 0 unspecified atom stereocenters. The van der Waals surface area contributed by atoms with Crippen LogP contribution in [0.1, 0.15) is 37.5 Å². The molecular weight excluding hydrogens is 406 g/mol. The summed E-state index contributed by atoms with van der Waals surface area (Å²) in [5, 5.41) is 14.7. The average molecular weight is 436 g/mol. The molecule has 1 atom stereocenters. The predicted molar refractivity (Wildman–Crippen MR) is 116 cm³/mol. The summed E-state index contributed by atoms with van der Waals surface area (Å²) in [6.07, 6.45) is 4.75. The molecule has 0 spiro atoms. The zero-order valence-corrected chi connectivity index (χ0v) is 18.5. The lowest BCUT2D eigenvalue weighted by Crippen LogP contribution is -2.35. The highest BCUT2D eigenvalue weighted by molar-refractivity contribution is 7.99. The second-order valence-corrected chi connectivity index (χ2v) is 9.82. The molecule has 0 radical (unpaired) electrons. The van der Waals surface area contributed by atoms with Crippen molar-refractivity contribution in [3.8, 4) is 0 Å². The molecule has 2 aromatic rings. The van der Waals surface area contributed by atoms with Gasteiger partial charge in [0.2, 0.25) is 11.9 Å². The number of rotatable bonds is 8. The second kappa shape index (κ2) is 9.95. The SMILES string of the molecule is CC1CCN(c2nnc(SCC(=O)NCc3cccs3)n2C[C@H]2CCCO2)CC1. The van der Waals surface area contributed by atoms with E-state index in [2.05, 4.69) is 31.9 Å². The van der Waals surface area contributed by atoms with Gasteiger partial charge in [0.25, 0.3) is 0 Å². The number of carbonyl (C=O) groups excluding carboxylic acids is 1. The number of hydrogen-bond donors (Lipinski definition) is 1. The van der Waals surface area contributed by atoms with E-state index in [4.69, 9.17) is 4.74 Å². The van der Waals surface area contributed by atoms with Crippen molar-refractivity contribution in [1.29, 1.82) is 0 Å². The molecule has 4 heterocycles. The van der Waals surface area contributed by atoms with Crippen molar-refractivity contribution in [3.05, 3.63) is 22.4 Å². The van der Waals surface area contributed by atoms with Crippen LogP contribution in [0.4, 0.5) is 5.95 Å². The largest absolute Gasteiger partial charge is 0.376 e. The minimum atomic E-state index is 0.0170. The number of anilines is 1. The topological polar surface area (TPSA) is 72.3 Å². The average Bonchev–Trinajstić information content (AvgIpc) is 3.49. The van der Waals surface area contributed by atoms with E-state index in [-0.39, 0.29) is 12.0 Å². The maximum atomic E-state index is 12.3. The normalized spacial score (nSPS) is 20.3. The lowest BCUT2D eigenvalue weighted by molar-refractivity contribution is -0.118. The molecule has 1 amide bonds. The number of aromatic nitrogens is 3. The second-order valence-electron chi connectivity index (χ2n) is 7.84. The molecule has 4 rings (SSSR count). The Labute approximate surface area is 180 Å². The molecule has 29 heavy (non-hydrogen) atoms. The molecule has 0 aliphatic carbocycles. The van der Waals surface area contributed by atoms with Gasteiger partial charge in [0, 0.05) is 24.6 Å². The van der Waals surface area contributed by atoms with Gasteiger partial charge in [-0.25, -0.2) is 0 Å². The van der Waals surface area contributed by atoms with Crippen LogP contribution in [0.3, 0.4) is 0 Å². The van der Waals surface area contributed by atoms with Crippen molar-refractivity contribution in [2.75, 3.05) is 30.3 Å². The van der Waals surface area contributed by atoms with Crippen LogP contribution in [-0.2, 0) is 22.6 Å². The summed E-state index contributed by atoms with van der Waals surface area (Å²) in [6.45, 7) is 6.50. The zero-order valence-electron chi connectivity index (χ0n) is 16.9. The van der Waals surface area contributed by atoms with E-state index in [0.29, 0.717) is 12.3 Å². The molecule has 2 aliphatic heterocycles. The third-order valence-corrected chi connectivity index (χ3v) is 7.39. The monoisotopic (exact) mass is 435 g/mol. The van der Waals surface area contributed by atoms with Crippen molar-refractivity contribution in [1.82, 2.24) is 20.1 Å². The molecule has 2 fully saturated rings. The minimum Gasteiger partial charge on any atom is -0.376 e. The smallest absolute Gasteiger partial charge is 0.230 e. The molecule has 0 bridgehead atoms. The van der Waals surface area contributed by atoms with Crippen LogP contribution in [0.5, 0.6) is 0 Å². The molecule has 9 heteroatoms. The fourth-order valence-corrected chi connectivity index (χ4v) is 5.18.